The average Bonchev–Trinajstić information content (AvgIpc) is 3.24. The van der Waals surface area contributed by atoms with Gasteiger partial charge in [0.25, 0.3) is 12.2 Å². The van der Waals surface area contributed by atoms with Gasteiger partial charge in [-0.25, -0.2) is 0 Å². The molecule has 0 aliphatic carbocycles. The fourth-order valence-electron chi connectivity index (χ4n) is 4.95. The summed E-state index contributed by atoms with van der Waals surface area (Å²) in [6, 6.07) is 13.3. The van der Waals surface area contributed by atoms with Crippen molar-refractivity contribution in [3.8, 4) is 5.75 Å². The summed E-state index contributed by atoms with van der Waals surface area (Å²) in [5, 5.41) is 6.73. The Kier molecular flexibility index (Phi) is 10.7. The smallest absolute Gasteiger partial charge is 0.303 e. The van der Waals surface area contributed by atoms with Crippen molar-refractivity contribution in [2.75, 3.05) is 24.7 Å². The second kappa shape index (κ2) is 14.7. The zero-order chi connectivity index (χ0) is 32.7. The van der Waals surface area contributed by atoms with Crippen LogP contribution < -0.4 is 15.0 Å². The van der Waals surface area contributed by atoms with E-state index in [2.05, 4.69) is 10.5 Å². The molecule has 240 valence electrons. The van der Waals surface area contributed by atoms with Crippen LogP contribution in [0.1, 0.15) is 38.8 Å². The van der Waals surface area contributed by atoms with E-state index in [4.69, 9.17) is 28.5 Å². The van der Waals surface area contributed by atoms with Crippen molar-refractivity contribution in [1.29, 1.82) is 0 Å². The Morgan fingerprint density at radius 3 is 2.22 bits per heavy atom. The van der Waals surface area contributed by atoms with Crippen molar-refractivity contribution in [2.45, 2.75) is 65.3 Å². The second-order valence-corrected chi connectivity index (χ2v) is 10.4. The summed E-state index contributed by atoms with van der Waals surface area (Å²) in [4.78, 5) is 68.7. The lowest BCUT2D eigenvalue weighted by Gasteiger charge is -2.43. The molecule has 0 spiro atoms. The number of anilines is 1. The van der Waals surface area contributed by atoms with Gasteiger partial charge in [-0.15, -0.1) is 0 Å². The zero-order valence-corrected chi connectivity index (χ0v) is 25.5. The lowest BCUT2D eigenvalue weighted by atomic mass is 9.96. The minimum absolute atomic E-state index is 0.0474. The van der Waals surface area contributed by atoms with E-state index >= 15 is 0 Å². The molecule has 2 aromatic carbocycles. The van der Waals surface area contributed by atoms with Gasteiger partial charge in [-0.2, -0.15) is 0 Å². The summed E-state index contributed by atoms with van der Waals surface area (Å²) in [6.45, 7) is 6.63. The van der Waals surface area contributed by atoms with Gasteiger partial charge in [0, 0.05) is 33.3 Å². The topological polar surface area (TPSA) is 168 Å². The Labute approximate surface area is 259 Å². The summed E-state index contributed by atoms with van der Waals surface area (Å²) < 4.78 is 27.8. The van der Waals surface area contributed by atoms with Gasteiger partial charge < -0.3 is 38.7 Å². The molecule has 2 amide bonds. The van der Waals surface area contributed by atoms with Crippen molar-refractivity contribution in [3.05, 3.63) is 59.7 Å². The van der Waals surface area contributed by atoms with Crippen LogP contribution >= 0.6 is 0 Å². The number of oxime groups is 1. The van der Waals surface area contributed by atoms with Crippen molar-refractivity contribution in [3.63, 3.8) is 0 Å². The van der Waals surface area contributed by atoms with Crippen LogP contribution in [0.25, 0.3) is 0 Å². The summed E-state index contributed by atoms with van der Waals surface area (Å²) in [6.07, 6.45) is -5.30. The van der Waals surface area contributed by atoms with E-state index in [-0.39, 0.29) is 18.9 Å². The third kappa shape index (κ3) is 8.35. The minimum atomic E-state index is -1.48. The number of carbonyl (C=O) groups excluding carboxylic acids is 5. The van der Waals surface area contributed by atoms with Crippen LogP contribution in [0.2, 0.25) is 0 Å². The van der Waals surface area contributed by atoms with Crippen LogP contribution in [0.4, 0.5) is 5.69 Å². The SMILES string of the molecule is CC(=O)N[C@@H]1[C@H](O/N=C2\C(=O)N(CCOc3ccc(C)cc3)c3ccccc32)O[C@@H](COC(C)=O)[C@@H](OC(C)=O)[C@H]1OC(C)=O. The number of amides is 2. The van der Waals surface area contributed by atoms with Crippen molar-refractivity contribution in [2.24, 2.45) is 5.16 Å². The van der Waals surface area contributed by atoms with Crippen molar-refractivity contribution < 1.29 is 52.5 Å². The summed E-state index contributed by atoms with van der Waals surface area (Å²) >= 11 is 0. The van der Waals surface area contributed by atoms with Gasteiger partial charge >= 0.3 is 17.9 Å². The van der Waals surface area contributed by atoms with Gasteiger partial charge in [0.1, 0.15) is 31.1 Å². The maximum absolute atomic E-state index is 13.6. The number of carbonyl (C=O) groups is 5. The molecule has 2 aliphatic rings. The molecule has 2 aromatic rings. The highest BCUT2D eigenvalue weighted by Crippen LogP contribution is 2.31. The number of para-hydroxylation sites is 1. The lowest BCUT2D eigenvalue weighted by molar-refractivity contribution is -0.278. The van der Waals surface area contributed by atoms with E-state index in [9.17, 15) is 24.0 Å². The molecule has 0 radical (unpaired) electrons. The van der Waals surface area contributed by atoms with Crippen LogP contribution in [0.3, 0.4) is 0 Å². The molecular weight excluding hydrogens is 590 g/mol. The number of nitrogens with zero attached hydrogens (tertiary/aromatic N) is 2. The molecule has 1 fully saturated rings. The Morgan fingerprint density at radius 2 is 1.58 bits per heavy atom. The zero-order valence-electron chi connectivity index (χ0n) is 25.5. The highest BCUT2D eigenvalue weighted by molar-refractivity contribution is 6.54. The van der Waals surface area contributed by atoms with Gasteiger partial charge in [-0.05, 0) is 25.1 Å². The van der Waals surface area contributed by atoms with Crippen LogP contribution in [-0.2, 0) is 47.8 Å². The number of nitrogens with one attached hydrogen (secondary N) is 1. The van der Waals surface area contributed by atoms with Crippen LogP contribution in [0.5, 0.6) is 5.75 Å². The standard InChI is InChI=1S/C31H35N3O11/c1-17-10-12-22(13-11-17)40-15-14-34-24-9-7-6-8-23(24)26(30(34)39)33-45-31-27(32-18(2)35)29(43-21(5)38)28(42-20(4)37)25(44-31)16-41-19(3)36/h6-13,25,27-29,31H,14-16H2,1-5H3,(H,32,35)/b33-26-/t25-,27-,28+,29-,31-/m0/s1. The van der Waals surface area contributed by atoms with Crippen LogP contribution in [0.15, 0.2) is 53.7 Å². The quantitative estimate of drug-likeness (QED) is 0.220. The molecule has 2 aliphatic heterocycles. The fourth-order valence-corrected chi connectivity index (χ4v) is 4.95. The molecular formula is C31H35N3O11. The monoisotopic (exact) mass is 625 g/mol. The van der Waals surface area contributed by atoms with E-state index in [0.29, 0.717) is 17.0 Å². The van der Waals surface area contributed by atoms with Crippen molar-refractivity contribution in [1.82, 2.24) is 5.32 Å². The molecule has 2 heterocycles. The average molecular weight is 626 g/mol. The molecule has 14 heteroatoms. The first-order valence-electron chi connectivity index (χ1n) is 14.2. The summed E-state index contributed by atoms with van der Waals surface area (Å²) in [5.74, 6) is -2.51. The number of aryl methyl sites for hydroxylation is 1. The minimum Gasteiger partial charge on any atom is -0.492 e. The molecule has 0 bridgehead atoms. The molecule has 0 saturated carbocycles. The number of hydrogen-bond donors (Lipinski definition) is 1. The predicted octanol–water partition coefficient (Wildman–Crippen LogP) is 1.80. The Bertz CT molecular complexity index is 1460. The number of hydrogen-bond acceptors (Lipinski definition) is 12. The molecule has 1 N–H and O–H groups in total. The number of esters is 3. The van der Waals surface area contributed by atoms with Gasteiger partial charge in [-0.3, -0.25) is 24.0 Å². The lowest BCUT2D eigenvalue weighted by Crippen LogP contribution is -2.66. The molecule has 14 nitrogen and oxygen atoms in total. The number of fused-ring (bicyclic) bond motifs is 1. The Morgan fingerprint density at radius 1 is 0.911 bits per heavy atom. The molecule has 0 unspecified atom stereocenters. The second-order valence-electron chi connectivity index (χ2n) is 10.4. The Hall–Kier alpha value is -4.98. The largest absolute Gasteiger partial charge is 0.492 e. The molecule has 4 rings (SSSR count). The molecule has 0 aromatic heterocycles. The van der Waals surface area contributed by atoms with E-state index in [1.54, 1.807) is 24.3 Å². The number of benzene rings is 2. The first-order valence-corrected chi connectivity index (χ1v) is 14.2. The number of rotatable bonds is 11. The summed E-state index contributed by atoms with van der Waals surface area (Å²) in [7, 11) is 0. The predicted molar refractivity (Wildman–Crippen MR) is 157 cm³/mol. The van der Waals surface area contributed by atoms with Crippen LogP contribution in [-0.4, -0.2) is 85.8 Å². The van der Waals surface area contributed by atoms with E-state index in [1.165, 1.54) is 18.7 Å². The molecule has 45 heavy (non-hydrogen) atoms. The van der Waals surface area contributed by atoms with Gasteiger partial charge in [0.15, 0.2) is 17.9 Å². The van der Waals surface area contributed by atoms with Gasteiger partial charge in [0.05, 0.1) is 12.2 Å². The van der Waals surface area contributed by atoms with E-state index in [0.717, 1.165) is 19.4 Å². The van der Waals surface area contributed by atoms with Gasteiger partial charge in [0.2, 0.25) is 5.91 Å². The normalized spacial score (nSPS) is 23.1. The highest BCUT2D eigenvalue weighted by atomic mass is 16.8. The highest BCUT2D eigenvalue weighted by Gasteiger charge is 2.52. The third-order valence-corrected chi connectivity index (χ3v) is 6.82. The Balaban J connectivity index is 1.61. The maximum atomic E-state index is 13.6. The maximum Gasteiger partial charge on any atom is 0.303 e. The number of ether oxygens (including phenoxy) is 5. The van der Waals surface area contributed by atoms with E-state index < -0.39 is 67.0 Å². The fraction of sp³-hybridized carbons (Fsp3) is 0.419. The molecule has 1 saturated heterocycles. The van der Waals surface area contributed by atoms with Crippen LogP contribution in [0, 0.1) is 6.92 Å². The first-order chi connectivity index (χ1) is 21.4. The van der Waals surface area contributed by atoms with Crippen molar-refractivity contribution >= 4 is 41.1 Å². The molecule has 5 atom stereocenters. The van der Waals surface area contributed by atoms with E-state index in [1.807, 2.05) is 31.2 Å². The van der Waals surface area contributed by atoms with Gasteiger partial charge in [-0.1, -0.05) is 41.1 Å². The summed E-state index contributed by atoms with van der Waals surface area (Å²) in [5.41, 5.74) is 2.11. The third-order valence-electron chi connectivity index (χ3n) is 6.82. The first kappa shape index (κ1) is 32.9.